The van der Waals surface area contributed by atoms with Crippen LogP contribution in [0.15, 0.2) is 18.6 Å². The van der Waals surface area contributed by atoms with Gasteiger partial charge in [-0.15, -0.1) is 0 Å². The van der Waals surface area contributed by atoms with Crippen LogP contribution >= 0.6 is 0 Å². The van der Waals surface area contributed by atoms with Crippen molar-refractivity contribution in [2.45, 2.75) is 19.9 Å². The molecule has 2 heterocycles. The van der Waals surface area contributed by atoms with Gasteiger partial charge in [-0.1, -0.05) is 0 Å². The summed E-state index contributed by atoms with van der Waals surface area (Å²) in [5, 5.41) is 0. The van der Waals surface area contributed by atoms with Gasteiger partial charge in [-0.3, -0.25) is 0 Å². The third-order valence-corrected chi connectivity index (χ3v) is 2.07. The molecule has 0 aliphatic carbocycles. The van der Waals surface area contributed by atoms with Gasteiger partial charge in [-0.05, 0) is 19.9 Å². The number of nitrogen functional groups attached to an aromatic ring is 1. The SMILES string of the molecule is CC(C)n1cnc2ccnc(N)c21. The third-order valence-electron chi connectivity index (χ3n) is 2.07. The Labute approximate surface area is 76.4 Å². The highest BCUT2D eigenvalue weighted by atomic mass is 15.1. The number of imidazole rings is 1. The van der Waals surface area contributed by atoms with Crippen LogP contribution in [0, 0.1) is 0 Å². The number of hydrogen-bond acceptors (Lipinski definition) is 3. The Balaban J connectivity index is 2.79. The highest BCUT2D eigenvalue weighted by Gasteiger charge is 2.08. The average molecular weight is 176 g/mol. The second-order valence-electron chi connectivity index (χ2n) is 3.31. The van der Waals surface area contributed by atoms with Crippen molar-refractivity contribution in [2.24, 2.45) is 0 Å². The van der Waals surface area contributed by atoms with Gasteiger partial charge in [0.1, 0.15) is 11.3 Å². The molecule has 0 unspecified atom stereocenters. The molecule has 2 aromatic rings. The summed E-state index contributed by atoms with van der Waals surface area (Å²) in [6.45, 7) is 4.18. The van der Waals surface area contributed by atoms with Crippen LogP contribution < -0.4 is 5.73 Å². The summed E-state index contributed by atoms with van der Waals surface area (Å²) in [5.41, 5.74) is 7.60. The van der Waals surface area contributed by atoms with Gasteiger partial charge in [-0.2, -0.15) is 0 Å². The first-order chi connectivity index (χ1) is 6.20. The van der Waals surface area contributed by atoms with Crippen molar-refractivity contribution >= 4 is 16.9 Å². The van der Waals surface area contributed by atoms with E-state index in [-0.39, 0.29) is 0 Å². The molecule has 13 heavy (non-hydrogen) atoms. The molecule has 0 radical (unpaired) electrons. The van der Waals surface area contributed by atoms with Gasteiger partial charge in [0, 0.05) is 12.2 Å². The molecule has 0 saturated heterocycles. The molecule has 0 fully saturated rings. The summed E-state index contributed by atoms with van der Waals surface area (Å²) >= 11 is 0. The van der Waals surface area contributed by atoms with Crippen molar-refractivity contribution in [3.63, 3.8) is 0 Å². The average Bonchev–Trinajstić information content (AvgIpc) is 2.49. The Morgan fingerprint density at radius 1 is 1.38 bits per heavy atom. The number of rotatable bonds is 1. The van der Waals surface area contributed by atoms with Gasteiger partial charge in [0.25, 0.3) is 0 Å². The molecule has 0 bridgehead atoms. The van der Waals surface area contributed by atoms with Crippen LogP contribution in [-0.2, 0) is 0 Å². The lowest BCUT2D eigenvalue weighted by Gasteiger charge is -2.08. The Morgan fingerprint density at radius 2 is 2.15 bits per heavy atom. The summed E-state index contributed by atoms with van der Waals surface area (Å²) < 4.78 is 2.03. The molecule has 68 valence electrons. The zero-order valence-electron chi connectivity index (χ0n) is 7.73. The number of nitrogens with zero attached hydrogens (tertiary/aromatic N) is 3. The molecule has 0 amide bonds. The first-order valence-electron chi connectivity index (χ1n) is 4.27. The summed E-state index contributed by atoms with van der Waals surface area (Å²) in [6, 6.07) is 2.22. The minimum Gasteiger partial charge on any atom is -0.382 e. The third kappa shape index (κ3) is 1.14. The van der Waals surface area contributed by atoms with Crippen molar-refractivity contribution in [3.8, 4) is 0 Å². The smallest absolute Gasteiger partial charge is 0.149 e. The van der Waals surface area contributed by atoms with Gasteiger partial charge < -0.3 is 10.3 Å². The topological polar surface area (TPSA) is 56.7 Å². The molecule has 2 N–H and O–H groups in total. The number of nitrogens with two attached hydrogens (primary N) is 1. The van der Waals surface area contributed by atoms with Crippen LogP contribution in [0.2, 0.25) is 0 Å². The van der Waals surface area contributed by atoms with Gasteiger partial charge in [0.05, 0.1) is 11.8 Å². The fourth-order valence-electron chi connectivity index (χ4n) is 1.40. The second kappa shape index (κ2) is 2.73. The van der Waals surface area contributed by atoms with Crippen LogP contribution in [0.3, 0.4) is 0 Å². The molecular weight excluding hydrogens is 164 g/mol. The predicted octanol–water partition coefficient (Wildman–Crippen LogP) is 1.59. The van der Waals surface area contributed by atoms with Crippen molar-refractivity contribution in [2.75, 3.05) is 5.73 Å². The van der Waals surface area contributed by atoms with Crippen molar-refractivity contribution in [1.29, 1.82) is 0 Å². The minimum atomic E-state index is 0.358. The fraction of sp³-hybridized carbons (Fsp3) is 0.333. The van der Waals surface area contributed by atoms with Gasteiger partial charge in [0.2, 0.25) is 0 Å². The van der Waals surface area contributed by atoms with E-state index in [0.29, 0.717) is 11.9 Å². The van der Waals surface area contributed by atoms with Crippen molar-refractivity contribution < 1.29 is 0 Å². The summed E-state index contributed by atoms with van der Waals surface area (Å²) in [4.78, 5) is 8.28. The number of aromatic nitrogens is 3. The van der Waals surface area contributed by atoms with E-state index in [1.807, 2.05) is 10.6 Å². The number of fused-ring (bicyclic) bond motifs is 1. The molecule has 0 aromatic carbocycles. The van der Waals surface area contributed by atoms with E-state index < -0.39 is 0 Å². The predicted molar refractivity (Wildman–Crippen MR) is 52.3 cm³/mol. The number of pyridine rings is 1. The minimum absolute atomic E-state index is 0.358. The van der Waals surface area contributed by atoms with Crippen LogP contribution in [0.1, 0.15) is 19.9 Å². The zero-order valence-corrected chi connectivity index (χ0v) is 7.73. The Bertz CT molecular complexity index is 430. The maximum atomic E-state index is 5.77. The first kappa shape index (κ1) is 8.04. The molecule has 0 atom stereocenters. The maximum Gasteiger partial charge on any atom is 0.149 e. The van der Waals surface area contributed by atoms with E-state index in [4.69, 9.17) is 5.73 Å². The molecule has 2 aromatic heterocycles. The molecule has 0 aliphatic rings. The Morgan fingerprint density at radius 3 is 2.85 bits per heavy atom. The highest BCUT2D eigenvalue weighted by Crippen LogP contribution is 2.20. The molecule has 0 spiro atoms. The van der Waals surface area contributed by atoms with E-state index in [1.54, 1.807) is 12.5 Å². The number of hydrogen-bond donors (Lipinski definition) is 1. The highest BCUT2D eigenvalue weighted by molar-refractivity contribution is 5.84. The van der Waals surface area contributed by atoms with E-state index >= 15 is 0 Å². The fourth-order valence-corrected chi connectivity index (χ4v) is 1.40. The normalized spacial score (nSPS) is 11.3. The lowest BCUT2D eigenvalue weighted by molar-refractivity contribution is 0.617. The van der Waals surface area contributed by atoms with E-state index in [9.17, 15) is 0 Å². The first-order valence-corrected chi connectivity index (χ1v) is 4.27. The largest absolute Gasteiger partial charge is 0.382 e. The summed E-state index contributed by atoms with van der Waals surface area (Å²) in [5.74, 6) is 0.545. The molecule has 4 nitrogen and oxygen atoms in total. The molecule has 4 heteroatoms. The maximum absolute atomic E-state index is 5.77. The lowest BCUT2D eigenvalue weighted by atomic mass is 10.3. The lowest BCUT2D eigenvalue weighted by Crippen LogP contribution is -2.01. The van der Waals surface area contributed by atoms with Crippen molar-refractivity contribution in [1.82, 2.24) is 14.5 Å². The van der Waals surface area contributed by atoms with Crippen LogP contribution in [0.4, 0.5) is 5.82 Å². The van der Waals surface area contributed by atoms with Gasteiger partial charge >= 0.3 is 0 Å². The quantitative estimate of drug-likeness (QED) is 0.717. The second-order valence-corrected chi connectivity index (χ2v) is 3.31. The Hall–Kier alpha value is -1.58. The van der Waals surface area contributed by atoms with Gasteiger partial charge in [-0.25, -0.2) is 9.97 Å². The van der Waals surface area contributed by atoms with Gasteiger partial charge in [0.15, 0.2) is 0 Å². The number of anilines is 1. The summed E-state index contributed by atoms with van der Waals surface area (Å²) in [6.07, 6.45) is 3.47. The van der Waals surface area contributed by atoms with E-state index in [0.717, 1.165) is 11.0 Å². The molecule has 0 aliphatic heterocycles. The molecular formula is C9H12N4. The van der Waals surface area contributed by atoms with Crippen LogP contribution in [0.25, 0.3) is 11.0 Å². The van der Waals surface area contributed by atoms with Crippen LogP contribution in [-0.4, -0.2) is 14.5 Å². The van der Waals surface area contributed by atoms with Crippen molar-refractivity contribution in [3.05, 3.63) is 18.6 Å². The monoisotopic (exact) mass is 176 g/mol. The van der Waals surface area contributed by atoms with E-state index in [1.165, 1.54) is 0 Å². The molecule has 0 saturated carbocycles. The standard InChI is InChI=1S/C9H12N4/c1-6(2)13-5-12-7-3-4-11-9(10)8(7)13/h3-6H,1-2H3,(H2,10,11). The summed E-state index contributed by atoms with van der Waals surface area (Å²) in [7, 11) is 0. The van der Waals surface area contributed by atoms with E-state index in [2.05, 4.69) is 23.8 Å². The van der Waals surface area contributed by atoms with Crippen LogP contribution in [0.5, 0.6) is 0 Å². The molecule has 2 rings (SSSR count). The zero-order chi connectivity index (χ0) is 9.42. The Kier molecular flexibility index (Phi) is 1.69.